The molecule has 0 amide bonds. The summed E-state index contributed by atoms with van der Waals surface area (Å²) in [4.78, 5) is 13.8. The summed E-state index contributed by atoms with van der Waals surface area (Å²) in [5, 5.41) is 9.56. The number of tetrazole rings is 1. The van der Waals surface area contributed by atoms with Crippen LogP contribution in [0.4, 0.5) is 11.4 Å². The maximum atomic E-state index is 11.7. The summed E-state index contributed by atoms with van der Waals surface area (Å²) < 4.78 is 1.21. The summed E-state index contributed by atoms with van der Waals surface area (Å²) in [7, 11) is 0. The van der Waals surface area contributed by atoms with Crippen LogP contribution in [0.25, 0.3) is 5.69 Å². The zero-order valence-electron chi connectivity index (χ0n) is 11.7. The van der Waals surface area contributed by atoms with Gasteiger partial charge >= 0.3 is 5.69 Å². The summed E-state index contributed by atoms with van der Waals surface area (Å²) in [5.41, 5.74) is 10.5. The van der Waals surface area contributed by atoms with Crippen molar-refractivity contribution in [3.8, 4) is 5.69 Å². The van der Waals surface area contributed by atoms with Crippen molar-refractivity contribution in [2.45, 2.75) is 13.1 Å². The standard InChI is InChI=1S/C15H14N6O/c16-13-6-5-12(21-15(22)17-18-19-21)7-14(13)20-8-10-3-1-2-4-11(10)9-20/h1-7H,8-9,16H2,(H,17,19,22). The summed E-state index contributed by atoms with van der Waals surface area (Å²) in [6.07, 6.45) is 0. The third-order valence-corrected chi connectivity index (χ3v) is 3.91. The molecular formula is C15H14N6O. The number of anilines is 2. The molecule has 0 radical (unpaired) electrons. The molecule has 4 rings (SSSR count). The number of nitrogens with zero attached hydrogens (tertiary/aromatic N) is 4. The highest BCUT2D eigenvalue weighted by Crippen LogP contribution is 2.33. The Kier molecular flexibility index (Phi) is 2.72. The minimum Gasteiger partial charge on any atom is -0.397 e. The number of fused-ring (bicyclic) bond motifs is 1. The lowest BCUT2D eigenvalue weighted by molar-refractivity contribution is 0.778. The fourth-order valence-electron chi connectivity index (χ4n) is 2.81. The van der Waals surface area contributed by atoms with E-state index in [2.05, 4.69) is 32.6 Å². The quantitative estimate of drug-likeness (QED) is 0.689. The summed E-state index contributed by atoms with van der Waals surface area (Å²) in [6, 6.07) is 13.7. The maximum absolute atomic E-state index is 11.7. The Morgan fingerprint density at radius 2 is 1.82 bits per heavy atom. The molecule has 0 spiro atoms. The molecule has 3 aromatic rings. The topological polar surface area (TPSA) is 92.8 Å². The van der Waals surface area contributed by atoms with Crippen LogP contribution >= 0.6 is 0 Å². The molecule has 0 saturated carbocycles. The zero-order valence-corrected chi connectivity index (χ0v) is 11.7. The van der Waals surface area contributed by atoms with E-state index < -0.39 is 0 Å². The number of nitrogen functional groups attached to an aromatic ring is 1. The number of aromatic nitrogens is 4. The van der Waals surface area contributed by atoms with Crippen molar-refractivity contribution < 1.29 is 0 Å². The SMILES string of the molecule is Nc1ccc(-n2nn[nH]c2=O)cc1N1Cc2ccccc2C1. The van der Waals surface area contributed by atoms with E-state index in [9.17, 15) is 4.79 Å². The van der Waals surface area contributed by atoms with Gasteiger partial charge in [0.2, 0.25) is 0 Å². The van der Waals surface area contributed by atoms with Gasteiger partial charge in [0.15, 0.2) is 0 Å². The molecular weight excluding hydrogens is 280 g/mol. The van der Waals surface area contributed by atoms with Gasteiger partial charge in [-0.05, 0) is 39.8 Å². The van der Waals surface area contributed by atoms with Crippen LogP contribution < -0.4 is 16.3 Å². The first kappa shape index (κ1) is 12.6. The highest BCUT2D eigenvalue weighted by molar-refractivity contribution is 5.71. The molecule has 3 N–H and O–H groups in total. The minimum absolute atomic E-state index is 0.375. The van der Waals surface area contributed by atoms with E-state index in [1.54, 1.807) is 12.1 Å². The van der Waals surface area contributed by atoms with Gasteiger partial charge in [-0.15, -0.1) is 0 Å². The number of hydrogen-bond acceptors (Lipinski definition) is 5. The first-order valence-electron chi connectivity index (χ1n) is 6.94. The van der Waals surface area contributed by atoms with Crippen LogP contribution in [0.15, 0.2) is 47.3 Å². The van der Waals surface area contributed by atoms with E-state index in [-0.39, 0.29) is 5.69 Å². The fourth-order valence-corrected chi connectivity index (χ4v) is 2.81. The molecule has 0 fully saturated rings. The lowest BCUT2D eigenvalue weighted by Gasteiger charge is -2.20. The molecule has 0 aliphatic carbocycles. The summed E-state index contributed by atoms with van der Waals surface area (Å²) in [5.74, 6) is 0. The summed E-state index contributed by atoms with van der Waals surface area (Å²) >= 11 is 0. The Hall–Kier alpha value is -3.09. The van der Waals surface area contributed by atoms with Gasteiger partial charge in [0.05, 0.1) is 17.1 Å². The molecule has 0 bridgehead atoms. The second kappa shape index (κ2) is 4.73. The predicted molar refractivity (Wildman–Crippen MR) is 82.7 cm³/mol. The fraction of sp³-hybridized carbons (Fsp3) is 0.133. The van der Waals surface area contributed by atoms with Gasteiger partial charge in [-0.3, -0.25) is 0 Å². The smallest absolute Gasteiger partial charge is 0.365 e. The molecule has 0 unspecified atom stereocenters. The normalized spacial score (nSPS) is 13.4. The Labute approximate surface area is 126 Å². The average molecular weight is 294 g/mol. The number of benzene rings is 2. The van der Waals surface area contributed by atoms with Crippen molar-refractivity contribution in [1.82, 2.24) is 20.2 Å². The number of H-pyrrole nitrogens is 1. The zero-order chi connectivity index (χ0) is 15.1. The average Bonchev–Trinajstić information content (AvgIpc) is 3.13. The van der Waals surface area contributed by atoms with Gasteiger partial charge in [-0.2, -0.15) is 4.68 Å². The second-order valence-corrected chi connectivity index (χ2v) is 5.29. The molecule has 22 heavy (non-hydrogen) atoms. The van der Waals surface area contributed by atoms with Gasteiger partial charge in [0.25, 0.3) is 0 Å². The van der Waals surface area contributed by atoms with Crippen molar-refractivity contribution in [2.75, 3.05) is 10.6 Å². The maximum Gasteiger partial charge on any atom is 0.365 e. The molecule has 0 saturated heterocycles. The molecule has 2 aromatic carbocycles. The third-order valence-electron chi connectivity index (χ3n) is 3.91. The summed E-state index contributed by atoms with van der Waals surface area (Å²) in [6.45, 7) is 1.61. The number of rotatable bonds is 2. The van der Waals surface area contributed by atoms with Gasteiger partial charge in [-0.1, -0.05) is 24.3 Å². The van der Waals surface area contributed by atoms with Crippen molar-refractivity contribution in [2.24, 2.45) is 0 Å². The number of hydrogen-bond donors (Lipinski definition) is 2. The molecule has 1 aliphatic heterocycles. The van der Waals surface area contributed by atoms with E-state index in [1.807, 2.05) is 18.2 Å². The van der Waals surface area contributed by atoms with Crippen LogP contribution in [-0.4, -0.2) is 20.2 Å². The molecule has 7 heteroatoms. The molecule has 110 valence electrons. The Bertz CT molecular complexity index is 872. The van der Waals surface area contributed by atoms with Crippen LogP contribution in [0.3, 0.4) is 0 Å². The molecule has 2 heterocycles. The van der Waals surface area contributed by atoms with Crippen LogP contribution in [-0.2, 0) is 13.1 Å². The number of aromatic amines is 1. The van der Waals surface area contributed by atoms with Crippen LogP contribution in [0, 0.1) is 0 Å². The van der Waals surface area contributed by atoms with Gasteiger partial charge < -0.3 is 10.6 Å². The highest BCUT2D eigenvalue weighted by atomic mass is 16.2. The predicted octanol–water partition coefficient (Wildman–Crippen LogP) is 1.06. The Morgan fingerprint density at radius 1 is 1.09 bits per heavy atom. The van der Waals surface area contributed by atoms with E-state index in [0.29, 0.717) is 11.4 Å². The highest BCUT2D eigenvalue weighted by Gasteiger charge is 2.21. The van der Waals surface area contributed by atoms with Crippen LogP contribution in [0.1, 0.15) is 11.1 Å². The second-order valence-electron chi connectivity index (χ2n) is 5.29. The first-order valence-corrected chi connectivity index (χ1v) is 6.94. The number of nitrogens with two attached hydrogens (primary N) is 1. The van der Waals surface area contributed by atoms with Crippen molar-refractivity contribution in [1.29, 1.82) is 0 Å². The van der Waals surface area contributed by atoms with Gasteiger partial charge in [0.1, 0.15) is 0 Å². The lowest BCUT2D eigenvalue weighted by Crippen LogP contribution is -2.19. The Balaban J connectivity index is 1.74. The van der Waals surface area contributed by atoms with Crippen LogP contribution in [0.5, 0.6) is 0 Å². The molecule has 7 nitrogen and oxygen atoms in total. The van der Waals surface area contributed by atoms with Crippen LogP contribution in [0.2, 0.25) is 0 Å². The molecule has 1 aliphatic rings. The first-order chi connectivity index (χ1) is 10.7. The third kappa shape index (κ3) is 1.95. The molecule has 1 aromatic heterocycles. The van der Waals surface area contributed by atoms with E-state index in [1.165, 1.54) is 15.8 Å². The van der Waals surface area contributed by atoms with Crippen molar-refractivity contribution in [3.05, 3.63) is 64.1 Å². The number of nitrogens with one attached hydrogen (secondary N) is 1. The van der Waals surface area contributed by atoms with Crippen molar-refractivity contribution >= 4 is 11.4 Å². The van der Waals surface area contributed by atoms with E-state index in [4.69, 9.17) is 5.73 Å². The van der Waals surface area contributed by atoms with Gasteiger partial charge in [0, 0.05) is 13.1 Å². The monoisotopic (exact) mass is 294 g/mol. The Morgan fingerprint density at radius 3 is 2.45 bits per heavy atom. The minimum atomic E-state index is -0.375. The van der Waals surface area contributed by atoms with Gasteiger partial charge in [-0.25, -0.2) is 9.89 Å². The largest absolute Gasteiger partial charge is 0.397 e. The van der Waals surface area contributed by atoms with E-state index >= 15 is 0 Å². The van der Waals surface area contributed by atoms with Crippen molar-refractivity contribution in [3.63, 3.8) is 0 Å². The molecule has 0 atom stereocenters. The lowest BCUT2D eigenvalue weighted by atomic mass is 10.1. The van der Waals surface area contributed by atoms with E-state index in [0.717, 1.165) is 18.8 Å².